The van der Waals surface area contributed by atoms with Gasteiger partial charge in [0.1, 0.15) is 0 Å². The number of imide groups is 1. The molecule has 2 aromatic carbocycles. The SMILES string of the molecule is O=C1c2ccccc2C(=O)N1Cc1ccc(CN(C[C@H]2CCc3cccnc3C2)[C@H]2CCCc3cccnc32)cc1. The van der Waals surface area contributed by atoms with E-state index in [-0.39, 0.29) is 18.4 Å². The van der Waals surface area contributed by atoms with Crippen molar-refractivity contribution in [2.75, 3.05) is 6.54 Å². The highest BCUT2D eigenvalue weighted by atomic mass is 16.2. The quantitative estimate of drug-likeness (QED) is 0.270. The number of aromatic nitrogens is 2. The second-order valence-corrected chi connectivity index (χ2v) is 11.7. The van der Waals surface area contributed by atoms with E-state index in [0.29, 0.717) is 23.1 Å². The fraction of sp³-hybridized carbons (Fsp3) is 0.314. The molecule has 2 atom stereocenters. The number of rotatable bonds is 7. The zero-order valence-electron chi connectivity index (χ0n) is 23.2. The standard InChI is InChI=1S/C35H34N4O2/c40-34-29-9-1-2-10-30(29)35(41)39(34)23-25-14-12-24(13-15-25)21-38(32-11-3-6-28-8-5-19-37-33(28)32)22-26-16-17-27-7-4-18-36-31(27)20-26/h1-2,4-5,7-10,12-15,18-19,26,32H,3,6,11,16-17,20-23H2/t26-,32-/m0/s1. The molecule has 0 unspecified atom stereocenters. The molecule has 1 aliphatic heterocycles. The van der Waals surface area contributed by atoms with E-state index < -0.39 is 0 Å². The molecule has 0 saturated heterocycles. The van der Waals surface area contributed by atoms with Crippen LogP contribution in [0.25, 0.3) is 0 Å². The monoisotopic (exact) mass is 542 g/mol. The maximum Gasteiger partial charge on any atom is 0.261 e. The van der Waals surface area contributed by atoms with Gasteiger partial charge in [0.05, 0.1) is 29.4 Å². The summed E-state index contributed by atoms with van der Waals surface area (Å²) in [5.41, 5.74) is 8.43. The van der Waals surface area contributed by atoms with E-state index in [1.54, 1.807) is 24.3 Å². The average Bonchev–Trinajstić information content (AvgIpc) is 3.26. The lowest BCUT2D eigenvalue weighted by Crippen LogP contribution is -2.37. The summed E-state index contributed by atoms with van der Waals surface area (Å²) in [5, 5.41) is 0. The van der Waals surface area contributed by atoms with Crippen LogP contribution in [0.5, 0.6) is 0 Å². The summed E-state index contributed by atoms with van der Waals surface area (Å²) in [6.07, 6.45) is 10.5. The first-order chi connectivity index (χ1) is 20.1. The molecule has 3 heterocycles. The van der Waals surface area contributed by atoms with Crippen molar-refractivity contribution in [3.05, 3.63) is 130 Å². The van der Waals surface area contributed by atoms with Gasteiger partial charge in [0.15, 0.2) is 0 Å². The molecule has 0 radical (unpaired) electrons. The molecule has 2 aromatic heterocycles. The van der Waals surface area contributed by atoms with E-state index in [1.165, 1.54) is 45.8 Å². The minimum atomic E-state index is -0.215. The van der Waals surface area contributed by atoms with Crippen molar-refractivity contribution in [2.24, 2.45) is 5.92 Å². The Kier molecular flexibility index (Phi) is 6.93. The summed E-state index contributed by atoms with van der Waals surface area (Å²) in [7, 11) is 0. The van der Waals surface area contributed by atoms with Gasteiger partial charge in [-0.1, -0.05) is 48.5 Å². The maximum atomic E-state index is 12.9. The van der Waals surface area contributed by atoms with E-state index in [4.69, 9.17) is 9.97 Å². The van der Waals surface area contributed by atoms with Crippen LogP contribution in [0.2, 0.25) is 0 Å². The summed E-state index contributed by atoms with van der Waals surface area (Å²) >= 11 is 0. The number of hydrogen-bond donors (Lipinski definition) is 0. The molecule has 0 N–H and O–H groups in total. The molecular formula is C35H34N4O2. The van der Waals surface area contributed by atoms with E-state index in [2.05, 4.69) is 47.4 Å². The van der Waals surface area contributed by atoms with Crippen molar-refractivity contribution in [3.63, 3.8) is 0 Å². The van der Waals surface area contributed by atoms with Gasteiger partial charge in [0.25, 0.3) is 11.8 Å². The number of carbonyl (C=O) groups excluding carboxylic acids is 2. The van der Waals surface area contributed by atoms with Crippen molar-refractivity contribution in [1.29, 1.82) is 0 Å². The largest absolute Gasteiger partial charge is 0.290 e. The van der Waals surface area contributed by atoms with Crippen molar-refractivity contribution in [3.8, 4) is 0 Å². The lowest BCUT2D eigenvalue weighted by Gasteiger charge is -2.38. The summed E-state index contributed by atoms with van der Waals surface area (Å²) in [6, 6.07) is 24.4. The highest BCUT2D eigenvalue weighted by Crippen LogP contribution is 2.36. The second-order valence-electron chi connectivity index (χ2n) is 11.7. The van der Waals surface area contributed by atoms with Crippen molar-refractivity contribution < 1.29 is 9.59 Å². The van der Waals surface area contributed by atoms with Crippen LogP contribution in [0.3, 0.4) is 0 Å². The first-order valence-electron chi connectivity index (χ1n) is 14.8. The van der Waals surface area contributed by atoms with Gasteiger partial charge < -0.3 is 0 Å². The Morgan fingerprint density at radius 2 is 1.46 bits per heavy atom. The molecule has 2 aliphatic carbocycles. The summed E-state index contributed by atoms with van der Waals surface area (Å²) in [5.74, 6) is 0.125. The number of fused-ring (bicyclic) bond motifs is 3. The molecule has 3 aliphatic rings. The predicted octanol–water partition coefficient (Wildman–Crippen LogP) is 5.96. The van der Waals surface area contributed by atoms with Crippen LogP contribution >= 0.6 is 0 Å². The van der Waals surface area contributed by atoms with Crippen LogP contribution in [-0.2, 0) is 32.4 Å². The van der Waals surface area contributed by atoms with E-state index in [1.807, 2.05) is 18.5 Å². The zero-order valence-corrected chi connectivity index (χ0v) is 23.2. The third-order valence-electron chi connectivity index (χ3n) is 9.01. The fourth-order valence-electron chi connectivity index (χ4n) is 6.90. The smallest absolute Gasteiger partial charge is 0.261 e. The minimum absolute atomic E-state index is 0.215. The van der Waals surface area contributed by atoms with Crippen LogP contribution < -0.4 is 0 Å². The Morgan fingerprint density at radius 3 is 2.24 bits per heavy atom. The Balaban J connectivity index is 1.10. The Labute approximate surface area is 241 Å². The van der Waals surface area contributed by atoms with Gasteiger partial charge in [0.2, 0.25) is 0 Å². The highest BCUT2D eigenvalue weighted by molar-refractivity contribution is 6.21. The van der Waals surface area contributed by atoms with E-state index in [9.17, 15) is 9.59 Å². The van der Waals surface area contributed by atoms with Crippen molar-refractivity contribution in [2.45, 2.75) is 57.7 Å². The summed E-state index contributed by atoms with van der Waals surface area (Å²) in [4.78, 5) is 39.3. The van der Waals surface area contributed by atoms with Crippen molar-refractivity contribution >= 4 is 11.8 Å². The molecular weight excluding hydrogens is 508 g/mol. The summed E-state index contributed by atoms with van der Waals surface area (Å²) in [6.45, 7) is 2.12. The van der Waals surface area contributed by atoms with Crippen LogP contribution in [-0.4, -0.2) is 38.1 Å². The van der Waals surface area contributed by atoms with Gasteiger partial charge in [-0.15, -0.1) is 0 Å². The lowest BCUT2D eigenvalue weighted by molar-refractivity contribution is 0.0642. The summed E-state index contributed by atoms with van der Waals surface area (Å²) < 4.78 is 0. The highest BCUT2D eigenvalue weighted by Gasteiger charge is 2.35. The van der Waals surface area contributed by atoms with Gasteiger partial charge >= 0.3 is 0 Å². The minimum Gasteiger partial charge on any atom is -0.290 e. The van der Waals surface area contributed by atoms with Gasteiger partial charge in [-0.2, -0.15) is 0 Å². The average molecular weight is 543 g/mol. The van der Waals surface area contributed by atoms with E-state index in [0.717, 1.165) is 44.3 Å². The molecule has 206 valence electrons. The Bertz CT molecular complexity index is 1560. The number of amides is 2. The number of carbonyl (C=O) groups is 2. The van der Waals surface area contributed by atoms with E-state index >= 15 is 0 Å². The fourth-order valence-corrected chi connectivity index (χ4v) is 6.90. The van der Waals surface area contributed by atoms with Gasteiger partial charge in [-0.05, 0) is 91.0 Å². The van der Waals surface area contributed by atoms with Gasteiger partial charge in [0, 0.05) is 31.2 Å². The molecule has 0 bridgehead atoms. The van der Waals surface area contributed by atoms with Gasteiger partial charge in [-0.3, -0.25) is 29.4 Å². The lowest BCUT2D eigenvalue weighted by atomic mass is 9.85. The topological polar surface area (TPSA) is 66.4 Å². The molecule has 2 amide bonds. The molecule has 7 rings (SSSR count). The van der Waals surface area contributed by atoms with Gasteiger partial charge in [-0.25, -0.2) is 0 Å². The van der Waals surface area contributed by atoms with Crippen LogP contribution in [0.15, 0.2) is 85.2 Å². The molecule has 6 heteroatoms. The normalized spacial score (nSPS) is 19.7. The van der Waals surface area contributed by atoms with Crippen LogP contribution in [0, 0.1) is 5.92 Å². The molecule has 41 heavy (non-hydrogen) atoms. The first kappa shape index (κ1) is 25.8. The molecule has 6 nitrogen and oxygen atoms in total. The number of aryl methyl sites for hydroxylation is 2. The van der Waals surface area contributed by atoms with Crippen LogP contribution in [0.1, 0.15) is 79.7 Å². The number of nitrogens with zero attached hydrogens (tertiary/aromatic N) is 4. The van der Waals surface area contributed by atoms with Crippen LogP contribution in [0.4, 0.5) is 0 Å². The zero-order chi connectivity index (χ0) is 27.8. The first-order valence-corrected chi connectivity index (χ1v) is 14.8. The number of benzene rings is 2. The third kappa shape index (κ3) is 5.08. The molecule has 0 fully saturated rings. The van der Waals surface area contributed by atoms with Crippen molar-refractivity contribution in [1.82, 2.24) is 19.8 Å². The second kappa shape index (κ2) is 11.0. The predicted molar refractivity (Wildman–Crippen MR) is 157 cm³/mol. The Morgan fingerprint density at radius 1 is 0.756 bits per heavy atom. The number of hydrogen-bond acceptors (Lipinski definition) is 5. The maximum absolute atomic E-state index is 12.9. The molecule has 0 spiro atoms. The molecule has 4 aromatic rings. The third-order valence-corrected chi connectivity index (χ3v) is 9.01. The Hall–Kier alpha value is -4.16. The molecule has 0 saturated carbocycles. The number of pyridine rings is 2.